The standard InChI is InChI=1S/C22H20ClNO6S/c1-12-6-8-14(9-7-12)31(27,28)24-13(2)21(25)30-20-11-19-17(10-18(20)23)15-4-3-5-16(15)22(26)29-19/h6-11,13,24H,3-5H2,1-2H3/t13-/m0/s1. The summed E-state index contributed by atoms with van der Waals surface area (Å²) in [4.78, 5) is 24.7. The molecule has 1 N–H and O–H groups in total. The number of aryl methyl sites for hydroxylation is 2. The summed E-state index contributed by atoms with van der Waals surface area (Å²) >= 11 is 6.30. The van der Waals surface area contributed by atoms with E-state index in [0.717, 1.165) is 24.0 Å². The van der Waals surface area contributed by atoms with Gasteiger partial charge in [-0.1, -0.05) is 29.3 Å². The van der Waals surface area contributed by atoms with E-state index in [9.17, 15) is 18.0 Å². The first kappa shape index (κ1) is 21.5. The second-order valence-electron chi connectivity index (χ2n) is 7.56. The van der Waals surface area contributed by atoms with Crippen molar-refractivity contribution in [3.8, 4) is 5.75 Å². The van der Waals surface area contributed by atoms with Crippen molar-refractivity contribution in [1.82, 2.24) is 4.72 Å². The SMILES string of the molecule is Cc1ccc(S(=O)(=O)N[C@@H](C)C(=O)Oc2cc3oc(=O)c4c(c3cc2Cl)CCC4)cc1. The quantitative estimate of drug-likeness (QED) is 0.354. The molecule has 0 bridgehead atoms. The molecule has 7 nitrogen and oxygen atoms in total. The van der Waals surface area contributed by atoms with Crippen molar-refractivity contribution >= 4 is 38.6 Å². The highest BCUT2D eigenvalue weighted by Gasteiger charge is 2.25. The van der Waals surface area contributed by atoms with Crippen LogP contribution in [-0.4, -0.2) is 20.4 Å². The Morgan fingerprint density at radius 2 is 1.84 bits per heavy atom. The molecule has 4 rings (SSSR count). The zero-order chi connectivity index (χ0) is 22.3. The number of hydrogen-bond acceptors (Lipinski definition) is 6. The largest absolute Gasteiger partial charge is 0.424 e. The van der Waals surface area contributed by atoms with Crippen LogP contribution in [0.15, 0.2) is 50.5 Å². The normalized spacial score (nSPS) is 14.4. The highest BCUT2D eigenvalue weighted by Crippen LogP contribution is 2.34. The Morgan fingerprint density at radius 1 is 1.16 bits per heavy atom. The van der Waals surface area contributed by atoms with Gasteiger partial charge in [-0.25, -0.2) is 18.0 Å². The first-order chi connectivity index (χ1) is 14.7. The third-order valence-corrected chi connectivity index (χ3v) is 7.11. The molecule has 1 heterocycles. The molecule has 9 heteroatoms. The molecule has 1 aliphatic carbocycles. The van der Waals surface area contributed by atoms with Crippen LogP contribution < -0.4 is 15.1 Å². The van der Waals surface area contributed by atoms with E-state index in [1.807, 2.05) is 6.92 Å². The van der Waals surface area contributed by atoms with Crippen LogP contribution in [-0.2, 0) is 27.7 Å². The summed E-state index contributed by atoms with van der Waals surface area (Å²) in [7, 11) is -3.91. The first-order valence-electron chi connectivity index (χ1n) is 9.74. The van der Waals surface area contributed by atoms with Crippen molar-refractivity contribution in [2.75, 3.05) is 0 Å². The minimum Gasteiger partial charge on any atom is -0.424 e. The molecule has 0 spiro atoms. The molecule has 1 aliphatic rings. The van der Waals surface area contributed by atoms with Crippen LogP contribution in [0.3, 0.4) is 0 Å². The summed E-state index contributed by atoms with van der Waals surface area (Å²) in [6.07, 6.45) is 2.29. The van der Waals surface area contributed by atoms with Gasteiger partial charge < -0.3 is 9.15 Å². The topological polar surface area (TPSA) is 103 Å². The van der Waals surface area contributed by atoms with E-state index in [1.165, 1.54) is 25.1 Å². The van der Waals surface area contributed by atoms with Crippen molar-refractivity contribution in [3.05, 3.63) is 68.5 Å². The van der Waals surface area contributed by atoms with Gasteiger partial charge in [-0.15, -0.1) is 0 Å². The van der Waals surface area contributed by atoms with Gasteiger partial charge in [-0.05, 0) is 56.9 Å². The number of rotatable bonds is 5. The summed E-state index contributed by atoms with van der Waals surface area (Å²) in [6, 6.07) is 8.05. The lowest BCUT2D eigenvalue weighted by molar-refractivity contribution is -0.135. The molecular formula is C22H20ClNO6S. The zero-order valence-electron chi connectivity index (χ0n) is 16.9. The number of esters is 1. The number of carbonyl (C=O) groups is 1. The number of sulfonamides is 1. The maximum absolute atomic E-state index is 12.5. The highest BCUT2D eigenvalue weighted by molar-refractivity contribution is 7.89. The van der Waals surface area contributed by atoms with Crippen molar-refractivity contribution in [3.63, 3.8) is 0 Å². The predicted octanol–water partition coefficient (Wildman–Crippen LogP) is 3.52. The van der Waals surface area contributed by atoms with E-state index < -0.39 is 27.7 Å². The smallest absolute Gasteiger partial charge is 0.339 e. The summed E-state index contributed by atoms with van der Waals surface area (Å²) < 4.78 is 38.0. The fraction of sp³-hybridized carbons (Fsp3) is 0.273. The number of ether oxygens (including phenoxy) is 1. The Kier molecular flexibility index (Phi) is 5.63. The number of carbonyl (C=O) groups excluding carboxylic acids is 1. The van der Waals surface area contributed by atoms with Gasteiger partial charge in [-0.2, -0.15) is 4.72 Å². The summed E-state index contributed by atoms with van der Waals surface area (Å²) in [5.74, 6) is -0.859. The maximum Gasteiger partial charge on any atom is 0.339 e. The summed E-state index contributed by atoms with van der Waals surface area (Å²) in [5, 5.41) is 0.877. The van der Waals surface area contributed by atoms with Gasteiger partial charge in [-0.3, -0.25) is 0 Å². The number of hydrogen-bond donors (Lipinski definition) is 1. The lowest BCUT2D eigenvalue weighted by Crippen LogP contribution is -2.40. The van der Waals surface area contributed by atoms with Crippen molar-refractivity contribution < 1.29 is 22.4 Å². The second kappa shape index (κ2) is 8.11. The van der Waals surface area contributed by atoms with E-state index in [2.05, 4.69) is 4.72 Å². The Hall–Kier alpha value is -2.68. The fourth-order valence-electron chi connectivity index (χ4n) is 3.62. The lowest BCUT2D eigenvalue weighted by atomic mass is 10.1. The first-order valence-corrected chi connectivity index (χ1v) is 11.6. The van der Waals surface area contributed by atoms with Crippen LogP contribution >= 0.6 is 11.6 Å². The van der Waals surface area contributed by atoms with Crippen molar-refractivity contribution in [2.24, 2.45) is 0 Å². The highest BCUT2D eigenvalue weighted by atomic mass is 35.5. The molecular weight excluding hydrogens is 442 g/mol. The molecule has 0 radical (unpaired) electrons. The third-order valence-electron chi connectivity index (χ3n) is 5.25. The van der Waals surface area contributed by atoms with Crippen molar-refractivity contribution in [2.45, 2.75) is 44.0 Å². The molecule has 162 valence electrons. The van der Waals surface area contributed by atoms with Crippen LogP contribution in [0.2, 0.25) is 5.02 Å². The number of halogens is 1. The van der Waals surface area contributed by atoms with Crippen LogP contribution in [0.5, 0.6) is 5.75 Å². The van der Waals surface area contributed by atoms with Gasteiger partial charge in [0.05, 0.1) is 9.92 Å². The molecule has 0 unspecified atom stereocenters. The maximum atomic E-state index is 12.5. The van der Waals surface area contributed by atoms with Gasteiger partial charge in [0.2, 0.25) is 10.0 Å². The average Bonchev–Trinajstić information content (AvgIpc) is 3.20. The minimum atomic E-state index is -3.91. The van der Waals surface area contributed by atoms with E-state index in [-0.39, 0.29) is 21.3 Å². The van der Waals surface area contributed by atoms with Gasteiger partial charge >= 0.3 is 11.6 Å². The average molecular weight is 462 g/mol. The Bertz CT molecular complexity index is 1350. The van der Waals surface area contributed by atoms with Crippen LogP contribution in [0.25, 0.3) is 11.0 Å². The van der Waals surface area contributed by atoms with Gasteiger partial charge in [0.25, 0.3) is 0 Å². The molecule has 0 saturated carbocycles. The molecule has 3 aromatic rings. The lowest BCUT2D eigenvalue weighted by Gasteiger charge is -2.15. The Balaban J connectivity index is 1.56. The molecule has 31 heavy (non-hydrogen) atoms. The van der Waals surface area contributed by atoms with Crippen LogP contribution in [0.1, 0.15) is 30.0 Å². The zero-order valence-corrected chi connectivity index (χ0v) is 18.5. The molecule has 0 aliphatic heterocycles. The molecule has 1 aromatic heterocycles. The number of nitrogens with one attached hydrogen (secondary N) is 1. The molecule has 2 aromatic carbocycles. The number of fused-ring (bicyclic) bond motifs is 3. The van der Waals surface area contributed by atoms with Gasteiger partial charge in [0, 0.05) is 17.0 Å². The molecule has 0 saturated heterocycles. The van der Waals surface area contributed by atoms with Gasteiger partial charge in [0.1, 0.15) is 11.6 Å². The Labute approximate surface area is 184 Å². The molecule has 0 fully saturated rings. The van der Waals surface area contributed by atoms with Gasteiger partial charge in [0.15, 0.2) is 5.75 Å². The summed E-state index contributed by atoms with van der Waals surface area (Å²) in [5.41, 5.74) is 2.34. The fourth-order valence-corrected chi connectivity index (χ4v) is 5.02. The van der Waals surface area contributed by atoms with E-state index in [1.54, 1.807) is 18.2 Å². The third kappa shape index (κ3) is 4.23. The second-order valence-corrected chi connectivity index (χ2v) is 9.68. The molecule has 0 amide bonds. The van der Waals surface area contributed by atoms with E-state index in [0.29, 0.717) is 17.4 Å². The molecule has 1 atom stereocenters. The van der Waals surface area contributed by atoms with Crippen LogP contribution in [0.4, 0.5) is 0 Å². The summed E-state index contributed by atoms with van der Waals surface area (Å²) in [6.45, 7) is 3.21. The van der Waals surface area contributed by atoms with Crippen LogP contribution in [0, 0.1) is 6.92 Å². The van der Waals surface area contributed by atoms with E-state index >= 15 is 0 Å². The number of benzene rings is 2. The Morgan fingerprint density at radius 3 is 2.55 bits per heavy atom. The van der Waals surface area contributed by atoms with Crippen molar-refractivity contribution in [1.29, 1.82) is 0 Å². The monoisotopic (exact) mass is 461 g/mol. The minimum absolute atomic E-state index is 0.0124. The van der Waals surface area contributed by atoms with E-state index in [4.69, 9.17) is 20.8 Å². The predicted molar refractivity (Wildman–Crippen MR) is 116 cm³/mol.